The number of likely N-dealkylation sites (tertiary alicyclic amines) is 1. The van der Waals surface area contributed by atoms with Gasteiger partial charge < -0.3 is 15.1 Å². The van der Waals surface area contributed by atoms with Gasteiger partial charge in [0.15, 0.2) is 0 Å². The average Bonchev–Trinajstić information content (AvgIpc) is 2.46. The summed E-state index contributed by atoms with van der Waals surface area (Å²) in [6.07, 6.45) is 2.58. The van der Waals surface area contributed by atoms with Crippen LogP contribution in [0.1, 0.15) is 36.5 Å². The summed E-state index contributed by atoms with van der Waals surface area (Å²) < 4.78 is 0. The molecule has 3 heteroatoms. The molecule has 0 bridgehead atoms. The van der Waals surface area contributed by atoms with Crippen LogP contribution in [0, 0.1) is 12.8 Å². The van der Waals surface area contributed by atoms with Crippen LogP contribution in [0.25, 0.3) is 0 Å². The molecule has 1 aromatic rings. The molecule has 0 amide bonds. The molecular weight excluding hydrogens is 238 g/mol. The van der Waals surface area contributed by atoms with Crippen LogP contribution < -0.4 is 0 Å². The van der Waals surface area contributed by atoms with Gasteiger partial charge in [-0.2, -0.15) is 0 Å². The maximum Gasteiger partial charge on any atom is 0.0802 e. The van der Waals surface area contributed by atoms with Crippen molar-refractivity contribution in [2.75, 3.05) is 26.2 Å². The van der Waals surface area contributed by atoms with E-state index in [1.165, 1.54) is 5.56 Å². The summed E-state index contributed by atoms with van der Waals surface area (Å²) >= 11 is 0. The van der Waals surface area contributed by atoms with E-state index >= 15 is 0 Å². The van der Waals surface area contributed by atoms with Crippen LogP contribution in [-0.4, -0.2) is 41.4 Å². The second-order valence-electron chi connectivity index (χ2n) is 5.68. The molecule has 2 rings (SSSR count). The minimum Gasteiger partial charge on any atom is -0.396 e. The SMILES string of the molecule is Cc1ccc(C(O)CCN2CCC(CO)CC2)cc1. The third kappa shape index (κ3) is 4.30. The Labute approximate surface area is 115 Å². The van der Waals surface area contributed by atoms with Gasteiger partial charge in [-0.25, -0.2) is 0 Å². The largest absolute Gasteiger partial charge is 0.396 e. The van der Waals surface area contributed by atoms with Gasteiger partial charge in [0.25, 0.3) is 0 Å². The van der Waals surface area contributed by atoms with Crippen molar-refractivity contribution in [1.82, 2.24) is 4.90 Å². The number of piperidine rings is 1. The second-order valence-corrected chi connectivity index (χ2v) is 5.68. The third-order valence-electron chi connectivity index (χ3n) is 4.15. The number of aliphatic hydroxyl groups excluding tert-OH is 2. The zero-order chi connectivity index (χ0) is 13.7. The molecule has 1 heterocycles. The Morgan fingerprint density at radius 3 is 2.42 bits per heavy atom. The summed E-state index contributed by atoms with van der Waals surface area (Å²) in [4.78, 5) is 2.39. The van der Waals surface area contributed by atoms with Crippen molar-refractivity contribution in [3.63, 3.8) is 0 Å². The third-order valence-corrected chi connectivity index (χ3v) is 4.15. The smallest absolute Gasteiger partial charge is 0.0802 e. The molecular formula is C16H25NO2. The van der Waals surface area contributed by atoms with E-state index < -0.39 is 0 Å². The highest BCUT2D eigenvalue weighted by molar-refractivity contribution is 5.23. The summed E-state index contributed by atoms with van der Waals surface area (Å²) in [5.41, 5.74) is 2.23. The molecule has 1 aromatic carbocycles. The molecule has 0 aromatic heterocycles. The molecule has 1 aliphatic heterocycles. The van der Waals surface area contributed by atoms with E-state index in [0.717, 1.165) is 44.5 Å². The minimum absolute atomic E-state index is 0.319. The zero-order valence-corrected chi connectivity index (χ0v) is 11.8. The molecule has 106 valence electrons. The van der Waals surface area contributed by atoms with E-state index in [4.69, 9.17) is 5.11 Å². The van der Waals surface area contributed by atoms with Gasteiger partial charge in [-0.05, 0) is 50.8 Å². The van der Waals surface area contributed by atoms with Crippen molar-refractivity contribution in [2.24, 2.45) is 5.92 Å². The Kier molecular flexibility index (Phi) is 5.37. The van der Waals surface area contributed by atoms with Gasteiger partial charge in [0, 0.05) is 13.2 Å². The van der Waals surface area contributed by atoms with Crippen molar-refractivity contribution in [1.29, 1.82) is 0 Å². The van der Waals surface area contributed by atoms with Crippen molar-refractivity contribution < 1.29 is 10.2 Å². The average molecular weight is 263 g/mol. The predicted molar refractivity (Wildman–Crippen MR) is 77.0 cm³/mol. The number of hydrogen-bond acceptors (Lipinski definition) is 3. The molecule has 1 saturated heterocycles. The molecule has 1 atom stereocenters. The van der Waals surface area contributed by atoms with Crippen molar-refractivity contribution >= 4 is 0 Å². The molecule has 0 aliphatic carbocycles. The van der Waals surface area contributed by atoms with Gasteiger partial charge in [-0.1, -0.05) is 29.8 Å². The van der Waals surface area contributed by atoms with E-state index in [-0.39, 0.29) is 6.10 Å². The van der Waals surface area contributed by atoms with Gasteiger partial charge in [-0.15, -0.1) is 0 Å². The first-order valence-electron chi connectivity index (χ1n) is 7.27. The van der Waals surface area contributed by atoms with Crippen LogP contribution in [-0.2, 0) is 0 Å². The van der Waals surface area contributed by atoms with Crippen LogP contribution in [0.3, 0.4) is 0 Å². The summed E-state index contributed by atoms with van der Waals surface area (Å²) in [5, 5.41) is 19.3. The van der Waals surface area contributed by atoms with Crippen LogP contribution in [0.2, 0.25) is 0 Å². The number of nitrogens with zero attached hydrogens (tertiary/aromatic N) is 1. The molecule has 0 spiro atoms. The first-order chi connectivity index (χ1) is 9.19. The van der Waals surface area contributed by atoms with Crippen LogP contribution >= 0.6 is 0 Å². The molecule has 1 fully saturated rings. The first kappa shape index (κ1) is 14.5. The minimum atomic E-state index is -0.365. The molecule has 0 radical (unpaired) electrons. The fourth-order valence-electron chi connectivity index (χ4n) is 2.65. The normalized spacial score (nSPS) is 19.5. The Balaban J connectivity index is 1.75. The lowest BCUT2D eigenvalue weighted by Crippen LogP contribution is -2.35. The fourth-order valence-corrected chi connectivity index (χ4v) is 2.65. The van der Waals surface area contributed by atoms with Gasteiger partial charge in [0.05, 0.1) is 6.10 Å². The molecule has 1 unspecified atom stereocenters. The molecule has 2 N–H and O–H groups in total. The Morgan fingerprint density at radius 1 is 1.21 bits per heavy atom. The van der Waals surface area contributed by atoms with E-state index in [2.05, 4.69) is 11.8 Å². The summed E-state index contributed by atoms with van der Waals surface area (Å²) in [5.74, 6) is 0.485. The molecule has 3 nitrogen and oxygen atoms in total. The number of benzene rings is 1. The highest BCUT2D eigenvalue weighted by atomic mass is 16.3. The van der Waals surface area contributed by atoms with E-state index in [1.807, 2.05) is 24.3 Å². The van der Waals surface area contributed by atoms with E-state index in [1.54, 1.807) is 0 Å². The Hall–Kier alpha value is -0.900. The van der Waals surface area contributed by atoms with Gasteiger partial charge in [-0.3, -0.25) is 0 Å². The molecule has 1 aliphatic rings. The van der Waals surface area contributed by atoms with Crippen molar-refractivity contribution in [3.05, 3.63) is 35.4 Å². The maximum absolute atomic E-state index is 10.2. The summed E-state index contributed by atoms with van der Waals surface area (Å²) in [6.45, 7) is 5.41. The quantitative estimate of drug-likeness (QED) is 0.855. The van der Waals surface area contributed by atoms with Gasteiger partial charge in [0.1, 0.15) is 0 Å². The summed E-state index contributed by atoms with van der Waals surface area (Å²) in [7, 11) is 0. The second kappa shape index (κ2) is 7.04. The van der Waals surface area contributed by atoms with Crippen LogP contribution in [0.5, 0.6) is 0 Å². The number of aryl methyl sites for hydroxylation is 1. The predicted octanol–water partition coefficient (Wildman–Crippen LogP) is 2.12. The van der Waals surface area contributed by atoms with Crippen LogP contribution in [0.4, 0.5) is 0 Å². The summed E-state index contributed by atoms with van der Waals surface area (Å²) in [6, 6.07) is 8.12. The topological polar surface area (TPSA) is 43.7 Å². The number of hydrogen-bond donors (Lipinski definition) is 2. The van der Waals surface area contributed by atoms with Crippen molar-refractivity contribution in [3.8, 4) is 0 Å². The molecule has 19 heavy (non-hydrogen) atoms. The Morgan fingerprint density at radius 2 is 1.84 bits per heavy atom. The lowest BCUT2D eigenvalue weighted by atomic mass is 9.97. The first-order valence-corrected chi connectivity index (χ1v) is 7.27. The standard InChI is InChI=1S/C16H25NO2/c1-13-2-4-15(5-3-13)16(19)8-11-17-9-6-14(12-18)7-10-17/h2-5,14,16,18-19H,6-12H2,1H3. The Bertz CT molecular complexity index is 369. The number of rotatable bonds is 5. The molecule has 0 saturated carbocycles. The van der Waals surface area contributed by atoms with E-state index in [9.17, 15) is 5.11 Å². The highest BCUT2D eigenvalue weighted by Crippen LogP contribution is 2.20. The monoisotopic (exact) mass is 263 g/mol. The number of aliphatic hydroxyl groups is 2. The zero-order valence-electron chi connectivity index (χ0n) is 11.8. The van der Waals surface area contributed by atoms with Crippen molar-refractivity contribution in [2.45, 2.75) is 32.3 Å². The lowest BCUT2D eigenvalue weighted by Gasteiger charge is -2.31. The van der Waals surface area contributed by atoms with Crippen LogP contribution in [0.15, 0.2) is 24.3 Å². The van der Waals surface area contributed by atoms with Gasteiger partial charge in [0.2, 0.25) is 0 Å². The van der Waals surface area contributed by atoms with E-state index in [0.29, 0.717) is 12.5 Å². The van der Waals surface area contributed by atoms with Gasteiger partial charge >= 0.3 is 0 Å². The maximum atomic E-state index is 10.2. The highest BCUT2D eigenvalue weighted by Gasteiger charge is 2.19. The lowest BCUT2D eigenvalue weighted by molar-refractivity contribution is 0.105. The fraction of sp³-hybridized carbons (Fsp3) is 0.625.